The van der Waals surface area contributed by atoms with Gasteiger partial charge in [-0.05, 0) is 31.7 Å². The van der Waals surface area contributed by atoms with Gasteiger partial charge in [0, 0.05) is 29.4 Å². The standard InChI is InChI=1S/C23H24N4O/c1-16-18-9-5-6-10-19(18)21(26-25-16)27-13-11-23(12-14-27)15-20(22(28)24-23)17-7-3-2-4-8-17/h2-10,20H,11-15H2,1H3,(H,24,28). The molecule has 0 bridgehead atoms. The second kappa shape index (κ2) is 6.59. The van der Waals surface area contributed by atoms with Gasteiger partial charge in [0.25, 0.3) is 0 Å². The maximum Gasteiger partial charge on any atom is 0.228 e. The van der Waals surface area contributed by atoms with E-state index in [1.54, 1.807) is 0 Å². The molecule has 1 amide bonds. The number of benzene rings is 2. The molecule has 1 atom stereocenters. The van der Waals surface area contributed by atoms with Gasteiger partial charge in [0.2, 0.25) is 5.91 Å². The van der Waals surface area contributed by atoms with Gasteiger partial charge in [-0.15, -0.1) is 5.10 Å². The van der Waals surface area contributed by atoms with Crippen molar-refractivity contribution < 1.29 is 4.79 Å². The van der Waals surface area contributed by atoms with E-state index in [0.29, 0.717) is 0 Å². The van der Waals surface area contributed by atoms with Crippen LogP contribution in [0, 0.1) is 6.92 Å². The first-order chi connectivity index (χ1) is 13.7. The van der Waals surface area contributed by atoms with E-state index in [1.165, 1.54) is 0 Å². The topological polar surface area (TPSA) is 58.1 Å². The Morgan fingerprint density at radius 1 is 0.964 bits per heavy atom. The molecule has 2 aromatic carbocycles. The summed E-state index contributed by atoms with van der Waals surface area (Å²) in [6.07, 6.45) is 2.75. The van der Waals surface area contributed by atoms with Crippen LogP contribution in [-0.4, -0.2) is 34.7 Å². The third-order valence-corrected chi connectivity index (χ3v) is 6.37. The van der Waals surface area contributed by atoms with Gasteiger partial charge in [-0.1, -0.05) is 54.6 Å². The summed E-state index contributed by atoms with van der Waals surface area (Å²) in [5, 5.41) is 14.5. The highest BCUT2D eigenvalue weighted by Gasteiger charge is 2.46. The van der Waals surface area contributed by atoms with Crippen LogP contribution in [0.4, 0.5) is 5.82 Å². The Bertz CT molecular complexity index is 1030. The normalized spacial score (nSPS) is 21.2. The van der Waals surface area contributed by atoms with Crippen molar-refractivity contribution in [2.24, 2.45) is 0 Å². The van der Waals surface area contributed by atoms with Crippen LogP contribution >= 0.6 is 0 Å². The van der Waals surface area contributed by atoms with Crippen molar-refractivity contribution >= 4 is 22.5 Å². The molecule has 5 rings (SSSR count). The van der Waals surface area contributed by atoms with Gasteiger partial charge < -0.3 is 10.2 Å². The number of aromatic nitrogens is 2. The number of piperidine rings is 1. The predicted octanol–water partition coefficient (Wildman–Crippen LogP) is 3.58. The van der Waals surface area contributed by atoms with Crippen LogP contribution in [0.25, 0.3) is 10.8 Å². The first-order valence-electron chi connectivity index (χ1n) is 9.99. The molecular weight excluding hydrogens is 348 g/mol. The minimum atomic E-state index is -0.0952. The molecule has 5 heteroatoms. The van der Waals surface area contributed by atoms with Crippen molar-refractivity contribution in [3.63, 3.8) is 0 Å². The molecule has 2 fully saturated rings. The van der Waals surface area contributed by atoms with Gasteiger partial charge >= 0.3 is 0 Å². The molecule has 5 nitrogen and oxygen atoms in total. The molecular formula is C23H24N4O. The summed E-state index contributed by atoms with van der Waals surface area (Å²) in [6, 6.07) is 18.5. The fourth-order valence-electron chi connectivity index (χ4n) is 4.77. The molecule has 1 spiro atoms. The van der Waals surface area contributed by atoms with E-state index in [4.69, 9.17) is 0 Å². The smallest absolute Gasteiger partial charge is 0.228 e. The quantitative estimate of drug-likeness (QED) is 0.747. The molecule has 1 aromatic heterocycles. The zero-order chi connectivity index (χ0) is 19.1. The average molecular weight is 372 g/mol. The van der Waals surface area contributed by atoms with Gasteiger partial charge in [0.05, 0.1) is 11.6 Å². The number of hydrogen-bond acceptors (Lipinski definition) is 4. The Hall–Kier alpha value is -2.95. The minimum absolute atomic E-state index is 0.0345. The van der Waals surface area contributed by atoms with Gasteiger partial charge in [-0.3, -0.25) is 4.79 Å². The summed E-state index contributed by atoms with van der Waals surface area (Å²) >= 11 is 0. The van der Waals surface area contributed by atoms with E-state index in [-0.39, 0.29) is 17.4 Å². The Kier molecular flexibility index (Phi) is 4.04. The molecule has 142 valence electrons. The second-order valence-electron chi connectivity index (χ2n) is 8.08. The Labute approximate surface area is 164 Å². The number of nitrogens with one attached hydrogen (secondary N) is 1. The second-order valence-corrected chi connectivity index (χ2v) is 8.08. The molecule has 1 unspecified atom stereocenters. The fraction of sp³-hybridized carbons (Fsp3) is 0.348. The van der Waals surface area contributed by atoms with E-state index in [2.05, 4.69) is 50.7 Å². The molecule has 28 heavy (non-hydrogen) atoms. The van der Waals surface area contributed by atoms with Crippen LogP contribution < -0.4 is 10.2 Å². The highest BCUT2D eigenvalue weighted by molar-refractivity contribution is 5.93. The van der Waals surface area contributed by atoms with E-state index in [1.807, 2.05) is 31.2 Å². The monoisotopic (exact) mass is 372 g/mol. The van der Waals surface area contributed by atoms with Crippen molar-refractivity contribution in [3.05, 3.63) is 65.9 Å². The average Bonchev–Trinajstić information content (AvgIpc) is 3.06. The largest absolute Gasteiger partial charge is 0.354 e. The molecule has 3 heterocycles. The minimum Gasteiger partial charge on any atom is -0.354 e. The summed E-state index contributed by atoms with van der Waals surface area (Å²) in [6.45, 7) is 3.76. The summed E-state index contributed by atoms with van der Waals surface area (Å²) < 4.78 is 0. The SMILES string of the molecule is Cc1nnc(N2CCC3(CC2)CC(c2ccccc2)C(=O)N3)c2ccccc12. The number of rotatable bonds is 2. The summed E-state index contributed by atoms with van der Waals surface area (Å²) in [5.74, 6) is 1.09. The number of anilines is 1. The predicted molar refractivity (Wildman–Crippen MR) is 110 cm³/mol. The lowest BCUT2D eigenvalue weighted by atomic mass is 9.82. The summed E-state index contributed by atoms with van der Waals surface area (Å²) in [5.41, 5.74) is 1.98. The van der Waals surface area contributed by atoms with Crippen molar-refractivity contribution in [1.82, 2.24) is 15.5 Å². The Morgan fingerprint density at radius 2 is 1.64 bits per heavy atom. The summed E-state index contributed by atoms with van der Waals surface area (Å²) in [4.78, 5) is 15.0. The fourth-order valence-corrected chi connectivity index (χ4v) is 4.77. The first kappa shape index (κ1) is 17.2. The molecule has 3 aromatic rings. The number of aryl methyl sites for hydroxylation is 1. The van der Waals surface area contributed by atoms with Crippen LogP contribution in [0.1, 0.15) is 36.4 Å². The highest BCUT2D eigenvalue weighted by Crippen LogP contribution is 2.40. The van der Waals surface area contributed by atoms with Gasteiger partial charge in [-0.2, -0.15) is 5.10 Å². The number of carbonyl (C=O) groups excluding carboxylic acids is 1. The zero-order valence-electron chi connectivity index (χ0n) is 16.1. The van der Waals surface area contributed by atoms with E-state index in [9.17, 15) is 4.79 Å². The summed E-state index contributed by atoms with van der Waals surface area (Å²) in [7, 11) is 0. The molecule has 1 N–H and O–H groups in total. The lowest BCUT2D eigenvalue weighted by Crippen LogP contribution is -2.51. The molecule has 0 saturated carbocycles. The third kappa shape index (κ3) is 2.82. The molecule has 0 aliphatic carbocycles. The first-order valence-corrected chi connectivity index (χ1v) is 9.99. The zero-order valence-corrected chi connectivity index (χ0v) is 16.1. The highest BCUT2D eigenvalue weighted by atomic mass is 16.2. The number of nitrogens with zero attached hydrogens (tertiary/aromatic N) is 3. The van der Waals surface area contributed by atoms with Crippen LogP contribution in [0.5, 0.6) is 0 Å². The Balaban J connectivity index is 1.36. The molecule has 2 aliphatic heterocycles. The van der Waals surface area contributed by atoms with E-state index in [0.717, 1.165) is 60.2 Å². The van der Waals surface area contributed by atoms with Gasteiger partial charge in [0.1, 0.15) is 0 Å². The van der Waals surface area contributed by atoms with Crippen molar-refractivity contribution in [2.45, 2.75) is 37.6 Å². The number of amides is 1. The lowest BCUT2D eigenvalue weighted by molar-refractivity contribution is -0.121. The van der Waals surface area contributed by atoms with Gasteiger partial charge in [-0.25, -0.2) is 0 Å². The number of hydrogen-bond donors (Lipinski definition) is 1. The van der Waals surface area contributed by atoms with Crippen molar-refractivity contribution in [2.75, 3.05) is 18.0 Å². The molecule has 2 aliphatic rings. The molecule has 2 saturated heterocycles. The van der Waals surface area contributed by atoms with Crippen molar-refractivity contribution in [1.29, 1.82) is 0 Å². The third-order valence-electron chi connectivity index (χ3n) is 6.37. The maximum atomic E-state index is 12.7. The Morgan fingerprint density at radius 3 is 2.39 bits per heavy atom. The van der Waals surface area contributed by atoms with Gasteiger partial charge in [0.15, 0.2) is 5.82 Å². The van der Waals surface area contributed by atoms with Crippen molar-refractivity contribution in [3.8, 4) is 0 Å². The maximum absolute atomic E-state index is 12.7. The number of carbonyl (C=O) groups is 1. The lowest BCUT2D eigenvalue weighted by Gasteiger charge is -2.40. The van der Waals surface area contributed by atoms with Crippen LogP contribution in [0.2, 0.25) is 0 Å². The van der Waals surface area contributed by atoms with E-state index < -0.39 is 0 Å². The van der Waals surface area contributed by atoms with Crippen LogP contribution in [-0.2, 0) is 4.79 Å². The van der Waals surface area contributed by atoms with E-state index >= 15 is 0 Å². The molecule has 0 radical (unpaired) electrons. The van der Waals surface area contributed by atoms with Crippen LogP contribution in [0.3, 0.4) is 0 Å². The number of fused-ring (bicyclic) bond motifs is 1. The van der Waals surface area contributed by atoms with Crippen LogP contribution in [0.15, 0.2) is 54.6 Å².